The van der Waals surface area contributed by atoms with Crippen LogP contribution in [0.25, 0.3) is 11.1 Å². The average molecular weight is 440 g/mol. The molecule has 0 spiro atoms. The smallest absolute Gasteiger partial charge is 0.116 e. The quantitative estimate of drug-likeness (QED) is 0.398. The number of phenols is 1. The fraction of sp³-hybridized carbons (Fsp3) is 0.261. The molecule has 0 fully saturated rings. The molecule has 145 valence electrons. The minimum absolute atomic E-state index is 0. The van der Waals surface area contributed by atoms with Crippen LogP contribution in [-0.2, 0) is 20.0 Å². The maximum atomic E-state index is 9.27. The van der Waals surface area contributed by atoms with Gasteiger partial charge in [0.15, 0.2) is 0 Å². The normalized spacial score (nSPS) is 10.8. The largest absolute Gasteiger partial charge is 0.508 e. The van der Waals surface area contributed by atoms with Crippen molar-refractivity contribution in [3.8, 4) is 16.9 Å². The van der Waals surface area contributed by atoms with Crippen molar-refractivity contribution in [3.05, 3.63) is 78.4 Å². The summed E-state index contributed by atoms with van der Waals surface area (Å²) in [4.78, 5) is 0. The molecule has 0 radical (unpaired) electrons. The maximum Gasteiger partial charge on any atom is 0.116 e. The van der Waals surface area contributed by atoms with Crippen LogP contribution >= 0.6 is 24.8 Å². The van der Waals surface area contributed by atoms with E-state index in [9.17, 15) is 5.11 Å². The Kier molecular flexibility index (Phi) is 17.7. The van der Waals surface area contributed by atoms with Crippen LogP contribution in [0.5, 0.6) is 5.75 Å². The van der Waals surface area contributed by atoms with Gasteiger partial charge < -0.3 is 5.11 Å². The maximum absolute atomic E-state index is 9.27. The minimum Gasteiger partial charge on any atom is -0.508 e. The summed E-state index contributed by atoms with van der Waals surface area (Å²) in [5, 5.41) is 9.27. The molecule has 3 rings (SSSR count). The van der Waals surface area contributed by atoms with Gasteiger partial charge in [0.2, 0.25) is 0 Å². The van der Waals surface area contributed by atoms with Gasteiger partial charge in [-0.05, 0) is 23.3 Å². The predicted molar refractivity (Wildman–Crippen MR) is 120 cm³/mol. The summed E-state index contributed by atoms with van der Waals surface area (Å²) in [6.07, 6.45) is 10.8. The molecule has 0 unspecified atom stereocenters. The van der Waals surface area contributed by atoms with Gasteiger partial charge in [-0.3, -0.25) is 6.08 Å². The van der Waals surface area contributed by atoms with Crippen LogP contribution in [0.3, 0.4) is 0 Å². The standard InChI is InChI=1S/C12H10O.C6H7.C5H10.2ClH.Ti/c13-12-8-4-7-11(9-12)10-5-2-1-3-6-10;1-6-4-2-3-5-6;1-3-5-4-2;;;/h1-9,13H;2,4H,3H2,1H3;3-4H2,1-2H3;2*1H;/q;-1;;;;+1. The third-order valence-corrected chi connectivity index (χ3v) is 4.78. The molecule has 1 N–H and O–H groups in total. The summed E-state index contributed by atoms with van der Waals surface area (Å²) in [5.74, 6) is 0.307. The van der Waals surface area contributed by atoms with Gasteiger partial charge in [0.25, 0.3) is 0 Å². The van der Waals surface area contributed by atoms with Gasteiger partial charge in [0.1, 0.15) is 5.75 Å². The van der Waals surface area contributed by atoms with Crippen LogP contribution in [0.1, 0.15) is 40.0 Å². The van der Waals surface area contributed by atoms with E-state index >= 15 is 0 Å². The van der Waals surface area contributed by atoms with Crippen LogP contribution in [0.2, 0.25) is 0 Å². The first-order chi connectivity index (χ1) is 12.1. The SMILES string of the molecule is CC1=[C-]CC=C1.CC[C](=[Ti+])CC.Cl.Cl.Oc1cccc(-c2ccccc2)c1. The zero-order valence-electron chi connectivity index (χ0n) is 16.2. The average Bonchev–Trinajstić information content (AvgIpc) is 3.14. The van der Waals surface area contributed by atoms with E-state index in [2.05, 4.69) is 59.0 Å². The van der Waals surface area contributed by atoms with Crippen molar-refractivity contribution in [2.45, 2.75) is 40.0 Å². The molecule has 0 aliphatic heterocycles. The topological polar surface area (TPSA) is 20.2 Å². The number of rotatable bonds is 3. The van der Waals surface area contributed by atoms with Crippen molar-refractivity contribution in [2.75, 3.05) is 0 Å². The molecule has 1 aliphatic carbocycles. The molecule has 0 aromatic heterocycles. The van der Waals surface area contributed by atoms with E-state index in [1.54, 1.807) is 15.9 Å². The molecule has 1 aliphatic rings. The van der Waals surface area contributed by atoms with Crippen LogP contribution in [-0.4, -0.2) is 8.92 Å². The molecular formula is C23H29Cl2OTi. The molecule has 0 atom stereocenters. The molecule has 1 nitrogen and oxygen atoms in total. The monoisotopic (exact) mass is 439 g/mol. The number of hydrogen-bond acceptors (Lipinski definition) is 1. The summed E-state index contributed by atoms with van der Waals surface area (Å²) in [7, 11) is 0. The number of benzene rings is 2. The Morgan fingerprint density at radius 2 is 1.56 bits per heavy atom. The molecule has 0 heterocycles. The summed E-state index contributed by atoms with van der Waals surface area (Å²) in [6, 6.07) is 17.3. The molecular weight excluding hydrogens is 411 g/mol. The Morgan fingerprint density at radius 3 is 1.93 bits per heavy atom. The van der Waals surface area contributed by atoms with E-state index in [4.69, 9.17) is 0 Å². The molecule has 0 amide bonds. The van der Waals surface area contributed by atoms with Crippen LogP contribution in [0.4, 0.5) is 0 Å². The van der Waals surface area contributed by atoms with Gasteiger partial charge in [-0.25, -0.2) is 11.6 Å². The first kappa shape index (κ1) is 28.1. The summed E-state index contributed by atoms with van der Waals surface area (Å²) >= 11 is 2.19. The van der Waals surface area contributed by atoms with E-state index in [-0.39, 0.29) is 24.8 Å². The van der Waals surface area contributed by atoms with Crippen molar-refractivity contribution < 1.29 is 25.1 Å². The Bertz CT molecular complexity index is 701. The van der Waals surface area contributed by atoms with E-state index in [1.165, 1.54) is 18.4 Å². The molecule has 0 saturated heterocycles. The fourth-order valence-electron chi connectivity index (χ4n) is 2.08. The molecule has 4 heteroatoms. The predicted octanol–water partition coefficient (Wildman–Crippen LogP) is 7.12. The summed E-state index contributed by atoms with van der Waals surface area (Å²) in [6.45, 7) is 6.45. The Hall–Kier alpha value is -1.12. The molecule has 0 saturated carbocycles. The van der Waals surface area contributed by atoms with Gasteiger partial charge in [0.05, 0.1) is 0 Å². The number of aromatic hydroxyl groups is 1. The second kappa shape index (κ2) is 17.0. The first-order valence-corrected chi connectivity index (χ1v) is 9.49. The van der Waals surface area contributed by atoms with Gasteiger partial charge in [0, 0.05) is 0 Å². The molecule has 0 bridgehead atoms. The van der Waals surface area contributed by atoms with E-state index < -0.39 is 0 Å². The van der Waals surface area contributed by atoms with Crippen LogP contribution in [0.15, 0.2) is 72.3 Å². The Balaban J connectivity index is 0. The van der Waals surface area contributed by atoms with E-state index in [1.807, 2.05) is 42.5 Å². The number of halogens is 2. The number of hydrogen-bond donors (Lipinski definition) is 1. The molecule has 2 aromatic rings. The minimum atomic E-state index is 0. The number of allylic oxidation sites excluding steroid dienone is 4. The third-order valence-electron chi connectivity index (χ3n) is 3.67. The van der Waals surface area contributed by atoms with Crippen molar-refractivity contribution in [3.63, 3.8) is 0 Å². The first-order valence-electron chi connectivity index (χ1n) is 8.71. The Labute approximate surface area is 188 Å². The van der Waals surface area contributed by atoms with Crippen LogP contribution < -0.4 is 0 Å². The van der Waals surface area contributed by atoms with Gasteiger partial charge in [-0.2, -0.15) is 6.08 Å². The van der Waals surface area contributed by atoms with Crippen LogP contribution in [0, 0.1) is 6.08 Å². The molecule has 27 heavy (non-hydrogen) atoms. The van der Waals surface area contributed by atoms with Gasteiger partial charge in [-0.15, -0.1) is 31.2 Å². The summed E-state index contributed by atoms with van der Waals surface area (Å²) in [5.41, 5.74) is 3.44. The van der Waals surface area contributed by atoms with Gasteiger partial charge in [-0.1, -0.05) is 49.4 Å². The number of phenolic OH excluding ortho intramolecular Hbond substituents is 1. The van der Waals surface area contributed by atoms with E-state index in [0.29, 0.717) is 5.75 Å². The molecule has 2 aromatic carbocycles. The second-order valence-corrected chi connectivity index (χ2v) is 6.80. The second-order valence-electron chi connectivity index (χ2n) is 5.69. The van der Waals surface area contributed by atoms with Crippen molar-refractivity contribution >= 4 is 28.6 Å². The van der Waals surface area contributed by atoms with Gasteiger partial charge >= 0.3 is 50.5 Å². The summed E-state index contributed by atoms with van der Waals surface area (Å²) < 4.78 is 1.59. The van der Waals surface area contributed by atoms with Crippen molar-refractivity contribution in [1.29, 1.82) is 0 Å². The van der Waals surface area contributed by atoms with Crippen molar-refractivity contribution in [2.24, 2.45) is 0 Å². The van der Waals surface area contributed by atoms with E-state index in [0.717, 1.165) is 17.5 Å². The fourth-order valence-corrected chi connectivity index (χ4v) is 2.08. The Morgan fingerprint density at radius 1 is 0.963 bits per heavy atom. The van der Waals surface area contributed by atoms with Crippen molar-refractivity contribution in [1.82, 2.24) is 0 Å². The zero-order valence-corrected chi connectivity index (χ0v) is 19.4. The third kappa shape index (κ3) is 12.8. The zero-order chi connectivity index (χ0) is 18.5.